The van der Waals surface area contributed by atoms with Crippen LogP contribution in [0.25, 0.3) is 0 Å². The number of rotatable bonds is 4. The Labute approximate surface area is 145 Å². The van der Waals surface area contributed by atoms with E-state index in [4.69, 9.17) is 5.11 Å². The van der Waals surface area contributed by atoms with E-state index < -0.39 is 5.97 Å². The van der Waals surface area contributed by atoms with Crippen LogP contribution in [0, 0.1) is 0 Å². The van der Waals surface area contributed by atoms with E-state index in [2.05, 4.69) is 15.3 Å². The number of nitrogens with one attached hydrogen (secondary N) is 1. The molecule has 1 aromatic carbocycles. The van der Waals surface area contributed by atoms with Crippen molar-refractivity contribution in [3.05, 3.63) is 53.3 Å². The van der Waals surface area contributed by atoms with Gasteiger partial charge in [-0.2, -0.15) is 0 Å². The summed E-state index contributed by atoms with van der Waals surface area (Å²) >= 11 is 0. The number of carbonyl (C=O) groups is 2. The lowest BCUT2D eigenvalue weighted by Crippen LogP contribution is -2.39. The molecule has 1 aliphatic rings. The van der Waals surface area contributed by atoms with Gasteiger partial charge in [0.05, 0.1) is 11.1 Å². The van der Waals surface area contributed by atoms with E-state index in [0.29, 0.717) is 24.6 Å². The maximum Gasteiger partial charge on any atom is 0.335 e. The summed E-state index contributed by atoms with van der Waals surface area (Å²) < 4.78 is 0. The average Bonchev–Trinajstić information content (AvgIpc) is 2.67. The molecule has 1 aliphatic heterocycles. The molecule has 2 N–H and O–H groups in total. The van der Waals surface area contributed by atoms with E-state index in [9.17, 15) is 9.59 Å². The first-order valence-electron chi connectivity index (χ1n) is 8.21. The summed E-state index contributed by atoms with van der Waals surface area (Å²) in [5, 5.41) is 12.0. The number of amides is 1. The van der Waals surface area contributed by atoms with Crippen LogP contribution in [0.3, 0.4) is 0 Å². The van der Waals surface area contributed by atoms with Crippen molar-refractivity contribution in [2.75, 3.05) is 25.5 Å². The lowest BCUT2D eigenvalue weighted by Gasteiger charge is -2.33. The molecule has 7 heteroatoms. The molecule has 25 heavy (non-hydrogen) atoms. The normalized spacial score (nSPS) is 17.2. The number of benzene rings is 1. The number of piperidine rings is 1. The largest absolute Gasteiger partial charge is 0.478 e. The van der Waals surface area contributed by atoms with Gasteiger partial charge in [0.1, 0.15) is 0 Å². The Kier molecular flexibility index (Phi) is 4.92. The minimum atomic E-state index is -0.938. The second-order valence-corrected chi connectivity index (χ2v) is 6.07. The predicted molar refractivity (Wildman–Crippen MR) is 92.9 cm³/mol. The summed E-state index contributed by atoms with van der Waals surface area (Å²) in [4.78, 5) is 33.8. The first-order chi connectivity index (χ1) is 12.1. The molecule has 2 heterocycles. The van der Waals surface area contributed by atoms with Crippen molar-refractivity contribution < 1.29 is 14.7 Å². The maximum absolute atomic E-state index is 12.7. The summed E-state index contributed by atoms with van der Waals surface area (Å²) in [6, 6.07) is 6.96. The van der Waals surface area contributed by atoms with Crippen LogP contribution < -0.4 is 5.32 Å². The number of hydrogen-bond donors (Lipinski definition) is 2. The highest BCUT2D eigenvalue weighted by Crippen LogP contribution is 2.28. The second kappa shape index (κ2) is 7.29. The molecule has 1 amide bonds. The van der Waals surface area contributed by atoms with Crippen LogP contribution in [-0.2, 0) is 0 Å². The second-order valence-electron chi connectivity index (χ2n) is 6.07. The van der Waals surface area contributed by atoms with Crippen molar-refractivity contribution in [2.45, 2.75) is 18.8 Å². The third-order valence-electron chi connectivity index (χ3n) is 4.44. The number of carbonyl (C=O) groups excluding carboxylic acids is 1. The predicted octanol–water partition coefficient (Wildman–Crippen LogP) is 2.24. The van der Waals surface area contributed by atoms with Gasteiger partial charge in [-0.15, -0.1) is 0 Å². The Morgan fingerprint density at radius 2 is 2.00 bits per heavy atom. The lowest BCUT2D eigenvalue weighted by atomic mass is 9.89. The van der Waals surface area contributed by atoms with E-state index in [1.54, 1.807) is 30.1 Å². The number of carboxylic acids is 1. The summed E-state index contributed by atoms with van der Waals surface area (Å²) in [6.07, 6.45) is 4.86. The van der Waals surface area contributed by atoms with E-state index in [1.807, 2.05) is 6.07 Å². The number of anilines is 1. The molecule has 0 bridgehead atoms. The van der Waals surface area contributed by atoms with Gasteiger partial charge in [0, 0.05) is 38.4 Å². The van der Waals surface area contributed by atoms with Gasteiger partial charge < -0.3 is 15.3 Å². The average molecular weight is 340 g/mol. The number of hydrogen-bond acceptors (Lipinski definition) is 5. The monoisotopic (exact) mass is 340 g/mol. The first-order valence-corrected chi connectivity index (χ1v) is 8.21. The van der Waals surface area contributed by atoms with Gasteiger partial charge in [-0.05, 0) is 30.5 Å². The Hall–Kier alpha value is -2.96. The molecule has 3 rings (SSSR count). The number of likely N-dealkylation sites (tertiary alicyclic amines) is 1. The van der Waals surface area contributed by atoms with Crippen LogP contribution in [0.2, 0.25) is 0 Å². The van der Waals surface area contributed by atoms with Crippen molar-refractivity contribution >= 4 is 17.8 Å². The molecule has 1 fully saturated rings. The fourth-order valence-electron chi connectivity index (χ4n) is 3.11. The van der Waals surface area contributed by atoms with Gasteiger partial charge in [-0.25, -0.2) is 14.8 Å². The minimum Gasteiger partial charge on any atom is -0.478 e. The van der Waals surface area contributed by atoms with E-state index in [1.165, 1.54) is 12.4 Å². The summed E-state index contributed by atoms with van der Waals surface area (Å²) in [6.45, 7) is 1.25. The molecular formula is C18H20N4O3. The van der Waals surface area contributed by atoms with Crippen LogP contribution in [0.1, 0.15) is 45.0 Å². The number of carboxylic acid groups (broad SMARTS) is 1. The topological polar surface area (TPSA) is 95.4 Å². The van der Waals surface area contributed by atoms with E-state index in [0.717, 1.165) is 18.4 Å². The van der Waals surface area contributed by atoms with E-state index >= 15 is 0 Å². The maximum atomic E-state index is 12.7. The van der Waals surface area contributed by atoms with Crippen molar-refractivity contribution in [2.24, 2.45) is 0 Å². The molecule has 1 aromatic heterocycles. The summed E-state index contributed by atoms with van der Waals surface area (Å²) in [7, 11) is 1.72. The van der Waals surface area contributed by atoms with Crippen LogP contribution in [0.5, 0.6) is 0 Å². The zero-order valence-electron chi connectivity index (χ0n) is 14.0. The van der Waals surface area contributed by atoms with Gasteiger partial charge >= 0.3 is 5.97 Å². The fourth-order valence-corrected chi connectivity index (χ4v) is 3.11. The van der Waals surface area contributed by atoms with Crippen molar-refractivity contribution in [1.29, 1.82) is 0 Å². The third kappa shape index (κ3) is 3.76. The quantitative estimate of drug-likeness (QED) is 0.886. The highest BCUT2D eigenvalue weighted by Gasteiger charge is 2.26. The molecule has 1 saturated heterocycles. The molecule has 0 unspecified atom stereocenters. The Balaban J connectivity index is 1.75. The molecular weight excluding hydrogens is 320 g/mol. The zero-order valence-corrected chi connectivity index (χ0v) is 14.0. The highest BCUT2D eigenvalue weighted by atomic mass is 16.4. The molecule has 0 aliphatic carbocycles. The molecule has 1 atom stereocenters. The molecule has 2 aromatic rings. The van der Waals surface area contributed by atoms with Crippen LogP contribution >= 0.6 is 0 Å². The third-order valence-corrected chi connectivity index (χ3v) is 4.44. The van der Waals surface area contributed by atoms with E-state index in [-0.39, 0.29) is 17.4 Å². The lowest BCUT2D eigenvalue weighted by molar-refractivity contribution is 0.0687. The van der Waals surface area contributed by atoms with Crippen molar-refractivity contribution in [1.82, 2.24) is 14.9 Å². The Morgan fingerprint density at radius 3 is 2.68 bits per heavy atom. The van der Waals surface area contributed by atoms with Gasteiger partial charge in [0.2, 0.25) is 5.95 Å². The number of aromatic nitrogens is 2. The highest BCUT2D eigenvalue weighted by molar-refractivity contribution is 5.93. The number of aromatic carboxylic acids is 1. The van der Waals surface area contributed by atoms with Crippen molar-refractivity contribution in [3.63, 3.8) is 0 Å². The van der Waals surface area contributed by atoms with Crippen LogP contribution in [0.15, 0.2) is 36.7 Å². The van der Waals surface area contributed by atoms with Crippen molar-refractivity contribution in [3.8, 4) is 0 Å². The SMILES string of the molecule is CNc1ncc(C(=O)N2CCC[C@H](c3cccc(C(=O)O)c3)C2)cn1. The van der Waals surface area contributed by atoms with Gasteiger partial charge in [0.25, 0.3) is 5.91 Å². The molecule has 0 spiro atoms. The van der Waals surface area contributed by atoms with Gasteiger partial charge in [-0.1, -0.05) is 12.1 Å². The Morgan fingerprint density at radius 1 is 1.24 bits per heavy atom. The summed E-state index contributed by atoms with van der Waals surface area (Å²) in [5.41, 5.74) is 1.69. The first kappa shape index (κ1) is 16.9. The van der Waals surface area contributed by atoms with Crippen LogP contribution in [0.4, 0.5) is 5.95 Å². The molecule has 7 nitrogen and oxygen atoms in total. The molecule has 0 saturated carbocycles. The fraction of sp³-hybridized carbons (Fsp3) is 0.333. The summed E-state index contributed by atoms with van der Waals surface area (Å²) in [5.74, 6) is -0.429. The zero-order chi connectivity index (χ0) is 17.8. The van der Waals surface area contributed by atoms with Gasteiger partial charge in [0.15, 0.2) is 0 Å². The molecule has 130 valence electrons. The minimum absolute atomic E-state index is 0.0956. The standard InChI is InChI=1S/C18H20N4O3/c1-19-18-20-9-15(10-21-18)16(23)22-7-3-6-14(11-22)12-4-2-5-13(8-12)17(24)25/h2,4-5,8-10,14H,3,6-7,11H2,1H3,(H,24,25)(H,19,20,21)/t14-/m0/s1. The van der Waals surface area contributed by atoms with Gasteiger partial charge in [-0.3, -0.25) is 4.79 Å². The molecule has 0 radical (unpaired) electrons. The number of nitrogens with zero attached hydrogens (tertiary/aromatic N) is 3. The smallest absolute Gasteiger partial charge is 0.335 e. The Bertz CT molecular complexity index is 776. The van der Waals surface area contributed by atoms with Crippen LogP contribution in [-0.4, -0.2) is 52.0 Å².